The number of halogens is 6. The summed E-state index contributed by atoms with van der Waals surface area (Å²) < 4.78 is 90.6. The summed E-state index contributed by atoms with van der Waals surface area (Å²) in [6.45, 7) is 0. The molecule has 7 rings (SSSR count). The van der Waals surface area contributed by atoms with Crippen LogP contribution in [0.15, 0.2) is 84.9 Å². The molecule has 200 valence electrons. The van der Waals surface area contributed by atoms with Gasteiger partial charge in [-0.15, -0.1) is 0 Å². The zero-order valence-electron chi connectivity index (χ0n) is 20.2. The number of alkyl halides is 6. The molecule has 0 aliphatic carbocycles. The molecule has 2 N–H and O–H groups in total. The number of hydrogen-bond donors (Lipinski definition) is 2. The van der Waals surface area contributed by atoms with Gasteiger partial charge >= 0.3 is 12.4 Å². The highest BCUT2D eigenvalue weighted by Crippen LogP contribution is 2.48. The second kappa shape index (κ2) is 8.32. The van der Waals surface area contributed by atoms with Gasteiger partial charge < -0.3 is 19.4 Å². The molecular formula is C30H16F6N2O2. The van der Waals surface area contributed by atoms with Gasteiger partial charge in [0.15, 0.2) is 23.0 Å². The minimum absolute atomic E-state index is 0.384. The molecule has 0 saturated carbocycles. The van der Waals surface area contributed by atoms with Gasteiger partial charge in [0.25, 0.3) is 0 Å². The van der Waals surface area contributed by atoms with Crippen molar-refractivity contribution in [3.8, 4) is 45.3 Å². The highest BCUT2D eigenvalue weighted by molar-refractivity contribution is 5.87. The number of aromatic nitrogens is 2. The summed E-state index contributed by atoms with van der Waals surface area (Å²) in [6.07, 6.45) is -8.93. The van der Waals surface area contributed by atoms with E-state index in [0.29, 0.717) is 55.9 Å². The number of fused-ring (bicyclic) bond motifs is 4. The molecule has 6 aromatic rings. The quantitative estimate of drug-likeness (QED) is 0.211. The third kappa shape index (κ3) is 4.12. The van der Waals surface area contributed by atoms with Crippen LogP contribution in [0.3, 0.4) is 0 Å². The molecular weight excluding hydrogens is 534 g/mol. The van der Waals surface area contributed by atoms with E-state index < -0.39 is 23.7 Å². The largest absolute Gasteiger partial charge is 0.449 e. The summed E-state index contributed by atoms with van der Waals surface area (Å²) in [5.41, 5.74) is 2.04. The summed E-state index contributed by atoms with van der Waals surface area (Å²) >= 11 is 0. The van der Waals surface area contributed by atoms with Crippen LogP contribution in [-0.4, -0.2) is 9.97 Å². The first-order valence-electron chi connectivity index (χ1n) is 12.1. The second-order valence-corrected chi connectivity index (χ2v) is 9.49. The van der Waals surface area contributed by atoms with E-state index in [1.165, 1.54) is 0 Å². The molecule has 10 heteroatoms. The highest BCUT2D eigenvalue weighted by Gasteiger charge is 2.33. The number of aromatic amines is 2. The molecule has 40 heavy (non-hydrogen) atoms. The lowest BCUT2D eigenvalue weighted by molar-refractivity contribution is -0.141. The summed E-state index contributed by atoms with van der Waals surface area (Å²) in [6, 6.07) is 22.7. The van der Waals surface area contributed by atoms with Crippen LogP contribution in [0.4, 0.5) is 26.3 Å². The minimum atomic E-state index is -4.46. The van der Waals surface area contributed by atoms with E-state index in [1.54, 1.807) is 72.8 Å². The smallest absolute Gasteiger partial charge is 0.431 e. The predicted molar refractivity (Wildman–Crippen MR) is 138 cm³/mol. The number of nitrogens with one attached hydrogen (secondary N) is 2. The maximum absolute atomic E-state index is 13.1. The maximum Gasteiger partial charge on any atom is 0.431 e. The fourth-order valence-corrected chi connectivity index (χ4v) is 4.87. The average molecular weight is 550 g/mol. The van der Waals surface area contributed by atoms with Crippen molar-refractivity contribution in [3.63, 3.8) is 0 Å². The Hall–Kier alpha value is -4.86. The van der Waals surface area contributed by atoms with Crippen molar-refractivity contribution in [2.45, 2.75) is 12.4 Å². The predicted octanol–water partition coefficient (Wildman–Crippen LogP) is 9.92. The van der Waals surface area contributed by atoms with Gasteiger partial charge in [0.05, 0.1) is 0 Å². The molecule has 0 saturated heterocycles. The van der Waals surface area contributed by atoms with Gasteiger partial charge in [0, 0.05) is 21.8 Å². The standard InChI is InChI=1S/C30H16F6N2O2/c31-29(32,33)27-13-19-9-15(1-5-21(19)37-27)17-3-7-23-25(11-17)39-24-8-4-18(12-26(24)40-23)16-2-6-22-20(10-16)14-28(38-22)30(34,35)36/h1-14,37-38H. The number of H-pyrrole nitrogens is 2. The summed E-state index contributed by atoms with van der Waals surface area (Å²) in [7, 11) is 0. The number of rotatable bonds is 2. The lowest BCUT2D eigenvalue weighted by atomic mass is 10.0. The van der Waals surface area contributed by atoms with Crippen LogP contribution in [0.2, 0.25) is 0 Å². The van der Waals surface area contributed by atoms with E-state index >= 15 is 0 Å². The van der Waals surface area contributed by atoms with E-state index in [0.717, 1.165) is 23.3 Å². The van der Waals surface area contributed by atoms with Gasteiger partial charge in [-0.05, 0) is 82.9 Å². The number of benzene rings is 4. The first-order valence-corrected chi connectivity index (χ1v) is 12.1. The Morgan fingerprint density at radius 3 is 1.20 bits per heavy atom. The lowest BCUT2D eigenvalue weighted by Crippen LogP contribution is -2.04. The van der Waals surface area contributed by atoms with E-state index in [4.69, 9.17) is 9.47 Å². The van der Waals surface area contributed by atoms with Gasteiger partial charge in [-0.25, -0.2) is 0 Å². The Labute approximate surface area is 221 Å². The van der Waals surface area contributed by atoms with Crippen LogP contribution >= 0.6 is 0 Å². The molecule has 0 atom stereocenters. The molecule has 1 aliphatic rings. The van der Waals surface area contributed by atoms with E-state index in [-0.39, 0.29) is 0 Å². The average Bonchev–Trinajstić information content (AvgIpc) is 3.55. The topological polar surface area (TPSA) is 50.0 Å². The van der Waals surface area contributed by atoms with Gasteiger partial charge in [-0.2, -0.15) is 26.3 Å². The molecule has 3 heterocycles. The van der Waals surface area contributed by atoms with E-state index in [9.17, 15) is 26.3 Å². The summed E-state index contributed by atoms with van der Waals surface area (Å²) in [4.78, 5) is 4.78. The van der Waals surface area contributed by atoms with Crippen molar-refractivity contribution in [2.75, 3.05) is 0 Å². The molecule has 0 bridgehead atoms. The van der Waals surface area contributed by atoms with Crippen molar-refractivity contribution in [1.82, 2.24) is 9.97 Å². The molecule has 1 aliphatic heterocycles. The number of ether oxygens (including phenoxy) is 2. The fraction of sp³-hybridized carbons (Fsp3) is 0.0667. The Balaban J connectivity index is 1.17. The lowest BCUT2D eigenvalue weighted by Gasteiger charge is -2.22. The Morgan fingerprint density at radius 1 is 0.425 bits per heavy atom. The summed E-state index contributed by atoms with van der Waals surface area (Å²) in [5.74, 6) is 1.78. The molecule has 4 nitrogen and oxygen atoms in total. The third-order valence-electron chi connectivity index (χ3n) is 6.85. The molecule has 0 fully saturated rings. The molecule has 0 radical (unpaired) electrons. The van der Waals surface area contributed by atoms with Crippen LogP contribution in [0.5, 0.6) is 23.0 Å². The fourth-order valence-electron chi connectivity index (χ4n) is 4.87. The van der Waals surface area contributed by atoms with Gasteiger partial charge in [-0.1, -0.05) is 24.3 Å². The second-order valence-electron chi connectivity index (χ2n) is 9.49. The van der Waals surface area contributed by atoms with Crippen molar-refractivity contribution < 1.29 is 35.8 Å². The third-order valence-corrected chi connectivity index (χ3v) is 6.85. The Morgan fingerprint density at radius 2 is 0.800 bits per heavy atom. The molecule has 2 aromatic heterocycles. The van der Waals surface area contributed by atoms with Crippen molar-refractivity contribution in [3.05, 3.63) is 96.3 Å². The van der Waals surface area contributed by atoms with Gasteiger partial charge in [-0.3, -0.25) is 0 Å². The normalized spacial score (nSPS) is 13.2. The van der Waals surface area contributed by atoms with Crippen LogP contribution in [0.1, 0.15) is 11.4 Å². The van der Waals surface area contributed by atoms with Gasteiger partial charge in [0.1, 0.15) is 11.4 Å². The first kappa shape index (κ1) is 24.2. The SMILES string of the molecule is FC(F)(F)c1cc2cc(-c3ccc4c(c3)Oc3ccc(-c5ccc6[nH]c(C(F)(F)F)cc6c5)cc3O4)ccc2[nH]1. The number of hydrogen-bond acceptors (Lipinski definition) is 2. The Kier molecular flexibility index (Phi) is 5.03. The zero-order valence-corrected chi connectivity index (χ0v) is 20.2. The highest BCUT2D eigenvalue weighted by atomic mass is 19.4. The molecule has 0 unspecified atom stereocenters. The monoisotopic (exact) mass is 550 g/mol. The van der Waals surface area contributed by atoms with Crippen LogP contribution in [-0.2, 0) is 12.4 Å². The van der Waals surface area contributed by atoms with Crippen molar-refractivity contribution >= 4 is 21.8 Å². The van der Waals surface area contributed by atoms with Crippen molar-refractivity contribution in [2.24, 2.45) is 0 Å². The first-order chi connectivity index (χ1) is 19.0. The molecule has 4 aromatic carbocycles. The van der Waals surface area contributed by atoms with E-state index in [1.807, 2.05) is 0 Å². The van der Waals surface area contributed by atoms with Gasteiger partial charge in [0.2, 0.25) is 0 Å². The Bertz CT molecular complexity index is 1810. The molecule has 0 amide bonds. The van der Waals surface area contributed by atoms with Crippen LogP contribution in [0.25, 0.3) is 44.1 Å². The zero-order chi connectivity index (χ0) is 27.8. The van der Waals surface area contributed by atoms with Crippen LogP contribution in [0, 0.1) is 0 Å². The maximum atomic E-state index is 13.1. The minimum Gasteiger partial charge on any atom is -0.449 e. The van der Waals surface area contributed by atoms with E-state index in [2.05, 4.69) is 9.97 Å². The van der Waals surface area contributed by atoms with Crippen LogP contribution < -0.4 is 9.47 Å². The molecule has 0 spiro atoms. The van der Waals surface area contributed by atoms with Crippen molar-refractivity contribution in [1.29, 1.82) is 0 Å². The summed E-state index contributed by atoms with van der Waals surface area (Å²) in [5, 5.41) is 0.870.